The van der Waals surface area contributed by atoms with Crippen molar-refractivity contribution in [2.75, 3.05) is 6.54 Å². The van der Waals surface area contributed by atoms with Crippen molar-refractivity contribution >= 4 is 27.3 Å². The number of hydrogen-bond acceptors (Lipinski definition) is 3. The van der Waals surface area contributed by atoms with Gasteiger partial charge in [-0.1, -0.05) is 22.0 Å². The molecular formula is C14H13BrF3NOS. The van der Waals surface area contributed by atoms with E-state index in [9.17, 15) is 18.3 Å². The third kappa shape index (κ3) is 3.66. The topological polar surface area (TPSA) is 46.2 Å². The molecule has 2 aromatic rings. The molecule has 1 aromatic heterocycles. The van der Waals surface area contributed by atoms with Gasteiger partial charge in [-0.2, -0.15) is 13.2 Å². The molecule has 2 rings (SSSR count). The SMILES string of the molecule is NCC(c1cccs1)C(O)c1cc(C(F)(F)F)ccc1Br. The molecule has 0 aliphatic carbocycles. The molecule has 1 heterocycles. The van der Waals surface area contributed by atoms with Crippen LogP contribution < -0.4 is 5.73 Å². The zero-order valence-corrected chi connectivity index (χ0v) is 13.2. The van der Waals surface area contributed by atoms with Crippen LogP contribution >= 0.6 is 27.3 Å². The summed E-state index contributed by atoms with van der Waals surface area (Å²) in [6.45, 7) is 0.143. The first-order valence-corrected chi connectivity index (χ1v) is 7.80. The van der Waals surface area contributed by atoms with Gasteiger partial charge in [0.25, 0.3) is 0 Å². The Bertz CT molecular complexity index is 601. The third-order valence-electron chi connectivity index (χ3n) is 3.19. The average Bonchev–Trinajstić information content (AvgIpc) is 2.92. The van der Waals surface area contributed by atoms with E-state index in [0.29, 0.717) is 4.47 Å². The largest absolute Gasteiger partial charge is 0.416 e. The molecule has 2 unspecified atom stereocenters. The second-order valence-electron chi connectivity index (χ2n) is 4.54. The summed E-state index contributed by atoms with van der Waals surface area (Å²) in [4.78, 5) is 0.842. The van der Waals surface area contributed by atoms with E-state index in [4.69, 9.17) is 5.73 Å². The number of thiophene rings is 1. The summed E-state index contributed by atoms with van der Waals surface area (Å²) >= 11 is 4.61. The maximum atomic E-state index is 12.8. The molecule has 2 atom stereocenters. The van der Waals surface area contributed by atoms with Gasteiger partial charge in [0.1, 0.15) is 0 Å². The zero-order valence-electron chi connectivity index (χ0n) is 10.8. The van der Waals surface area contributed by atoms with Gasteiger partial charge < -0.3 is 10.8 Å². The highest BCUT2D eigenvalue weighted by Gasteiger charge is 2.32. The normalized spacial score (nSPS) is 15.0. The molecule has 114 valence electrons. The lowest BCUT2D eigenvalue weighted by molar-refractivity contribution is -0.137. The Morgan fingerprint density at radius 1 is 1.29 bits per heavy atom. The molecule has 0 radical (unpaired) electrons. The minimum atomic E-state index is -4.45. The molecule has 0 bridgehead atoms. The number of alkyl halides is 3. The average molecular weight is 380 g/mol. The van der Waals surface area contributed by atoms with Crippen molar-refractivity contribution in [3.8, 4) is 0 Å². The van der Waals surface area contributed by atoms with E-state index in [0.717, 1.165) is 17.0 Å². The predicted molar refractivity (Wildman–Crippen MR) is 80.2 cm³/mol. The number of aliphatic hydroxyl groups excluding tert-OH is 1. The summed E-state index contributed by atoms with van der Waals surface area (Å²) in [6, 6.07) is 6.86. The van der Waals surface area contributed by atoms with Crippen LogP contribution in [0.3, 0.4) is 0 Å². The quantitative estimate of drug-likeness (QED) is 0.831. The van der Waals surface area contributed by atoms with Gasteiger partial charge in [-0.05, 0) is 35.2 Å². The van der Waals surface area contributed by atoms with Crippen molar-refractivity contribution in [2.24, 2.45) is 5.73 Å². The lowest BCUT2D eigenvalue weighted by atomic mass is 9.93. The van der Waals surface area contributed by atoms with E-state index in [1.165, 1.54) is 17.4 Å². The van der Waals surface area contributed by atoms with Gasteiger partial charge in [-0.25, -0.2) is 0 Å². The molecule has 0 aliphatic heterocycles. The summed E-state index contributed by atoms with van der Waals surface area (Å²) in [5.74, 6) is -0.440. The standard InChI is InChI=1S/C14H13BrF3NOS/c15-11-4-3-8(14(16,17)18)6-9(11)13(20)10(7-19)12-2-1-5-21-12/h1-6,10,13,20H,7,19H2. The minimum absolute atomic E-state index is 0.143. The lowest BCUT2D eigenvalue weighted by Crippen LogP contribution is -2.20. The van der Waals surface area contributed by atoms with Crippen molar-refractivity contribution in [3.05, 3.63) is 56.2 Å². The van der Waals surface area contributed by atoms with E-state index in [2.05, 4.69) is 15.9 Å². The summed E-state index contributed by atoms with van der Waals surface area (Å²) < 4.78 is 38.8. The Labute approximate surface area is 132 Å². The van der Waals surface area contributed by atoms with E-state index in [1.807, 2.05) is 17.5 Å². The van der Waals surface area contributed by atoms with Gasteiger partial charge in [0.05, 0.1) is 11.7 Å². The van der Waals surface area contributed by atoms with Crippen molar-refractivity contribution < 1.29 is 18.3 Å². The van der Waals surface area contributed by atoms with E-state index in [1.54, 1.807) is 0 Å². The number of benzene rings is 1. The van der Waals surface area contributed by atoms with Crippen molar-refractivity contribution in [1.82, 2.24) is 0 Å². The molecule has 0 amide bonds. The first-order chi connectivity index (χ1) is 9.84. The molecule has 0 saturated heterocycles. The Hall–Kier alpha value is -0.890. The first-order valence-electron chi connectivity index (χ1n) is 6.12. The zero-order chi connectivity index (χ0) is 15.6. The molecule has 0 aliphatic rings. The van der Waals surface area contributed by atoms with Crippen LogP contribution in [0.4, 0.5) is 13.2 Å². The maximum absolute atomic E-state index is 12.8. The Balaban J connectivity index is 2.40. The van der Waals surface area contributed by atoms with Crippen LogP contribution in [-0.4, -0.2) is 11.7 Å². The van der Waals surface area contributed by atoms with Gasteiger partial charge in [-0.3, -0.25) is 0 Å². The van der Waals surface area contributed by atoms with E-state index < -0.39 is 23.8 Å². The van der Waals surface area contributed by atoms with E-state index in [-0.39, 0.29) is 12.1 Å². The highest BCUT2D eigenvalue weighted by molar-refractivity contribution is 9.10. The van der Waals surface area contributed by atoms with Crippen LogP contribution in [0, 0.1) is 0 Å². The van der Waals surface area contributed by atoms with Crippen molar-refractivity contribution in [1.29, 1.82) is 0 Å². The second-order valence-corrected chi connectivity index (χ2v) is 6.37. The van der Waals surface area contributed by atoms with Crippen LogP contribution in [0.2, 0.25) is 0 Å². The van der Waals surface area contributed by atoms with Gasteiger partial charge in [-0.15, -0.1) is 11.3 Å². The highest BCUT2D eigenvalue weighted by Crippen LogP contribution is 2.39. The molecular weight excluding hydrogens is 367 g/mol. The van der Waals surface area contributed by atoms with Gasteiger partial charge in [0.15, 0.2) is 0 Å². The monoisotopic (exact) mass is 379 g/mol. The van der Waals surface area contributed by atoms with Crippen LogP contribution in [-0.2, 0) is 6.18 Å². The maximum Gasteiger partial charge on any atom is 0.416 e. The fraction of sp³-hybridized carbons (Fsp3) is 0.286. The van der Waals surface area contributed by atoms with Gasteiger partial charge >= 0.3 is 6.18 Å². The molecule has 2 nitrogen and oxygen atoms in total. The fourth-order valence-corrected chi connectivity index (χ4v) is 3.42. The summed E-state index contributed by atoms with van der Waals surface area (Å²) in [5, 5.41) is 12.3. The summed E-state index contributed by atoms with van der Waals surface area (Å²) in [7, 11) is 0. The predicted octanol–water partition coefficient (Wildman–Crippen LogP) is 4.31. The van der Waals surface area contributed by atoms with Gasteiger partial charge in [0.2, 0.25) is 0 Å². The van der Waals surface area contributed by atoms with E-state index >= 15 is 0 Å². The highest BCUT2D eigenvalue weighted by atomic mass is 79.9. The molecule has 3 N–H and O–H groups in total. The second kappa shape index (κ2) is 6.48. The van der Waals surface area contributed by atoms with Crippen LogP contribution in [0.5, 0.6) is 0 Å². The minimum Gasteiger partial charge on any atom is -0.388 e. The number of nitrogens with two attached hydrogens (primary N) is 1. The lowest BCUT2D eigenvalue weighted by Gasteiger charge is -2.22. The van der Waals surface area contributed by atoms with Crippen molar-refractivity contribution in [2.45, 2.75) is 18.2 Å². The Kier molecular flexibility index (Phi) is 5.08. The van der Waals surface area contributed by atoms with Crippen molar-refractivity contribution in [3.63, 3.8) is 0 Å². The van der Waals surface area contributed by atoms with Gasteiger partial charge in [0, 0.05) is 21.8 Å². The molecule has 7 heteroatoms. The number of rotatable bonds is 4. The Morgan fingerprint density at radius 2 is 2.00 bits per heavy atom. The fourth-order valence-electron chi connectivity index (χ4n) is 2.07. The number of halogens is 4. The number of hydrogen-bond donors (Lipinski definition) is 2. The third-order valence-corrected chi connectivity index (χ3v) is 4.91. The first kappa shape index (κ1) is 16.5. The van der Waals surface area contributed by atoms with Crippen LogP contribution in [0.25, 0.3) is 0 Å². The molecule has 0 spiro atoms. The summed E-state index contributed by atoms with van der Waals surface area (Å²) in [6.07, 6.45) is -5.55. The molecule has 21 heavy (non-hydrogen) atoms. The molecule has 1 aromatic carbocycles. The summed E-state index contributed by atoms with van der Waals surface area (Å²) in [5.41, 5.74) is 5.08. The smallest absolute Gasteiger partial charge is 0.388 e. The molecule has 0 fully saturated rings. The Morgan fingerprint density at radius 3 is 2.52 bits per heavy atom. The van der Waals surface area contributed by atoms with Crippen LogP contribution in [0.1, 0.15) is 28.0 Å². The number of aliphatic hydroxyl groups is 1. The molecule has 0 saturated carbocycles. The van der Waals surface area contributed by atoms with Crippen LogP contribution in [0.15, 0.2) is 40.2 Å².